The van der Waals surface area contributed by atoms with Crippen molar-refractivity contribution < 1.29 is 18.7 Å². The predicted molar refractivity (Wildman–Crippen MR) is 117 cm³/mol. The molecule has 0 N–H and O–H groups in total. The Kier molecular flexibility index (Phi) is 5.65. The second-order valence-electron chi connectivity index (χ2n) is 9.31. The number of methoxy groups -OCH3 is 1. The van der Waals surface area contributed by atoms with Gasteiger partial charge in [-0.1, -0.05) is 31.6 Å². The van der Waals surface area contributed by atoms with E-state index in [-0.39, 0.29) is 35.1 Å². The fourth-order valence-electron chi connectivity index (χ4n) is 5.67. The molecule has 3 rings (SSSR count). The lowest BCUT2D eigenvalue weighted by Gasteiger charge is -2.42. The van der Waals surface area contributed by atoms with Crippen LogP contribution in [0.2, 0.25) is 0 Å². The molecule has 5 heteroatoms. The van der Waals surface area contributed by atoms with E-state index in [2.05, 4.69) is 33.8 Å². The molecule has 1 unspecified atom stereocenters. The summed E-state index contributed by atoms with van der Waals surface area (Å²) in [5.74, 6) is 0.785. The summed E-state index contributed by atoms with van der Waals surface area (Å²) in [7, 11) is 1.51. The van der Waals surface area contributed by atoms with Gasteiger partial charge >= 0.3 is 0 Å². The van der Waals surface area contributed by atoms with Gasteiger partial charge in [0.2, 0.25) is 0 Å². The second kappa shape index (κ2) is 7.52. The van der Waals surface area contributed by atoms with Crippen LogP contribution in [0.25, 0.3) is 0 Å². The monoisotopic (exact) mass is 414 g/mol. The lowest BCUT2D eigenvalue weighted by molar-refractivity contribution is -0.120. The summed E-state index contributed by atoms with van der Waals surface area (Å²) >= 11 is 0. The minimum atomic E-state index is -0.619. The van der Waals surface area contributed by atoms with Gasteiger partial charge in [-0.3, -0.25) is 9.59 Å². The Bertz CT molecular complexity index is 998. The Morgan fingerprint density at radius 2 is 1.90 bits per heavy atom. The molecule has 5 nitrogen and oxygen atoms in total. The molecule has 1 aromatic heterocycles. The van der Waals surface area contributed by atoms with Crippen molar-refractivity contribution in [2.45, 2.75) is 78.9 Å². The molecule has 2 heterocycles. The van der Waals surface area contributed by atoms with Crippen molar-refractivity contribution in [1.29, 1.82) is 0 Å². The fourth-order valence-corrected chi connectivity index (χ4v) is 5.67. The van der Waals surface area contributed by atoms with Crippen molar-refractivity contribution in [3.63, 3.8) is 0 Å². The third-order valence-corrected chi connectivity index (χ3v) is 6.97. The van der Waals surface area contributed by atoms with Crippen molar-refractivity contribution >= 4 is 5.78 Å². The molecule has 30 heavy (non-hydrogen) atoms. The van der Waals surface area contributed by atoms with Crippen molar-refractivity contribution in [2.24, 2.45) is 11.8 Å². The lowest BCUT2D eigenvalue weighted by Crippen LogP contribution is -2.45. The number of rotatable bonds is 6. The van der Waals surface area contributed by atoms with E-state index < -0.39 is 11.0 Å². The van der Waals surface area contributed by atoms with Crippen LogP contribution >= 0.6 is 0 Å². The van der Waals surface area contributed by atoms with Crippen LogP contribution in [0.15, 0.2) is 32.5 Å². The van der Waals surface area contributed by atoms with Crippen LogP contribution in [0, 0.1) is 25.7 Å². The summed E-state index contributed by atoms with van der Waals surface area (Å²) in [5.41, 5.74) is 2.15. The number of hydrogen-bond donors (Lipinski definition) is 0. The zero-order valence-electron chi connectivity index (χ0n) is 19.6. The summed E-state index contributed by atoms with van der Waals surface area (Å²) in [4.78, 5) is 25.2. The molecule has 0 spiro atoms. The van der Waals surface area contributed by atoms with Crippen molar-refractivity contribution in [3.8, 4) is 5.95 Å². The topological polar surface area (TPSA) is 69.0 Å². The van der Waals surface area contributed by atoms with E-state index in [1.165, 1.54) is 7.11 Å². The van der Waals surface area contributed by atoms with Gasteiger partial charge in [-0.2, -0.15) is 0 Å². The molecule has 0 saturated carbocycles. The maximum atomic E-state index is 12.9. The molecule has 2 aliphatic rings. The van der Waals surface area contributed by atoms with Crippen LogP contribution in [0.3, 0.4) is 0 Å². The summed E-state index contributed by atoms with van der Waals surface area (Å²) in [6.45, 7) is 15.7. The Labute approximate surface area is 179 Å². The highest BCUT2D eigenvalue weighted by Gasteiger charge is 2.66. The van der Waals surface area contributed by atoms with Gasteiger partial charge in [0.1, 0.15) is 23.2 Å². The minimum Gasteiger partial charge on any atom is -0.468 e. The van der Waals surface area contributed by atoms with Crippen molar-refractivity contribution in [3.05, 3.63) is 50.4 Å². The summed E-state index contributed by atoms with van der Waals surface area (Å²) < 4.78 is 17.8. The summed E-state index contributed by atoms with van der Waals surface area (Å²) in [6.07, 6.45) is 4.76. The third kappa shape index (κ3) is 3.27. The predicted octanol–water partition coefficient (Wildman–Crippen LogP) is 4.82. The van der Waals surface area contributed by atoms with E-state index in [1.807, 2.05) is 26.8 Å². The molecule has 1 aliphatic carbocycles. The van der Waals surface area contributed by atoms with Crippen LogP contribution in [-0.4, -0.2) is 24.6 Å². The number of fused-ring (bicyclic) bond motifs is 1. The van der Waals surface area contributed by atoms with Crippen LogP contribution in [0.4, 0.5) is 0 Å². The maximum absolute atomic E-state index is 12.9. The summed E-state index contributed by atoms with van der Waals surface area (Å²) in [6, 6.07) is 0. The van der Waals surface area contributed by atoms with Gasteiger partial charge in [0, 0.05) is 23.8 Å². The number of hydrogen-bond acceptors (Lipinski definition) is 5. The first-order chi connectivity index (χ1) is 13.9. The minimum absolute atomic E-state index is 0.0375. The van der Waals surface area contributed by atoms with Gasteiger partial charge < -0.3 is 13.9 Å². The first-order valence-corrected chi connectivity index (χ1v) is 10.7. The fraction of sp³-hybridized carbons (Fsp3) is 0.600. The van der Waals surface area contributed by atoms with Gasteiger partial charge in [-0.15, -0.1) is 0 Å². The molecular weight excluding hydrogens is 380 g/mol. The first kappa shape index (κ1) is 22.5. The van der Waals surface area contributed by atoms with Gasteiger partial charge in [0.05, 0.1) is 18.1 Å². The average Bonchev–Trinajstić information content (AvgIpc) is 3.37. The number of allylic oxidation sites excluding steroid dienone is 2. The number of ether oxygens (including phenoxy) is 2. The zero-order valence-corrected chi connectivity index (χ0v) is 19.6. The number of ketones is 1. The number of carbonyl (C=O) groups is 1. The van der Waals surface area contributed by atoms with E-state index in [4.69, 9.17) is 13.9 Å². The molecular formula is C25H34O5. The molecule has 1 aliphatic heterocycles. The zero-order chi connectivity index (χ0) is 22.6. The van der Waals surface area contributed by atoms with Crippen LogP contribution < -0.4 is 10.2 Å². The van der Waals surface area contributed by atoms with Gasteiger partial charge in [0.15, 0.2) is 5.43 Å². The Hall–Kier alpha value is -2.14. The van der Waals surface area contributed by atoms with E-state index >= 15 is 0 Å². The smallest absolute Gasteiger partial charge is 0.291 e. The van der Waals surface area contributed by atoms with E-state index in [0.29, 0.717) is 23.3 Å². The third-order valence-electron chi connectivity index (χ3n) is 6.97. The molecule has 0 bridgehead atoms. The highest BCUT2D eigenvalue weighted by molar-refractivity contribution is 5.82. The van der Waals surface area contributed by atoms with Crippen LogP contribution in [-0.2, 0) is 14.9 Å². The van der Waals surface area contributed by atoms with Crippen LogP contribution in [0.5, 0.6) is 5.95 Å². The Balaban J connectivity index is 2.24. The normalized spacial score (nSPS) is 31.6. The molecule has 0 amide bonds. The van der Waals surface area contributed by atoms with Gasteiger partial charge in [-0.05, 0) is 47.1 Å². The standard InChI is InChI=1S/C25H34O5/c1-10-18(26)13(2)11-14(3)20-24(7,12-15(4)21-25(20,8)30-21)22-16(5)19(27)17(6)23(28-9)29-22/h11-13,20-21H,10H2,1-9H3/b14-11+/t13-,20?,21-,24-,25+/m1/s1. The van der Waals surface area contributed by atoms with Crippen molar-refractivity contribution in [1.82, 2.24) is 0 Å². The first-order valence-electron chi connectivity index (χ1n) is 10.7. The maximum Gasteiger partial charge on any atom is 0.291 e. The Morgan fingerprint density at radius 3 is 2.47 bits per heavy atom. The van der Waals surface area contributed by atoms with E-state index in [0.717, 1.165) is 11.1 Å². The molecule has 164 valence electrons. The van der Waals surface area contributed by atoms with Crippen LogP contribution in [0.1, 0.15) is 64.9 Å². The lowest BCUT2D eigenvalue weighted by atomic mass is 9.60. The number of Topliss-reactive ketones (excluding diaryl/α,β-unsaturated/α-hetero) is 1. The average molecular weight is 415 g/mol. The van der Waals surface area contributed by atoms with Crippen molar-refractivity contribution in [2.75, 3.05) is 7.11 Å². The molecule has 1 fully saturated rings. The molecule has 1 aromatic rings. The molecule has 0 radical (unpaired) electrons. The molecule has 5 atom stereocenters. The highest BCUT2D eigenvalue weighted by Crippen LogP contribution is 2.60. The number of epoxide rings is 1. The highest BCUT2D eigenvalue weighted by atomic mass is 16.6. The van der Waals surface area contributed by atoms with Gasteiger partial charge in [-0.25, -0.2) is 0 Å². The Morgan fingerprint density at radius 1 is 1.27 bits per heavy atom. The largest absolute Gasteiger partial charge is 0.468 e. The SMILES string of the molecule is CCC(=O)[C@H](C)/C=C(\C)C1[C@](C)(c2oc(OC)c(C)c(=O)c2C)C=C(C)[C@H]2O[C@@]12C. The molecule has 0 aromatic carbocycles. The second-order valence-corrected chi connectivity index (χ2v) is 9.31. The quantitative estimate of drug-likeness (QED) is 0.493. The molecule has 1 saturated heterocycles. The number of carbonyl (C=O) groups excluding carboxylic acids is 1. The van der Waals surface area contributed by atoms with E-state index in [9.17, 15) is 9.59 Å². The summed E-state index contributed by atoms with van der Waals surface area (Å²) in [5, 5.41) is 0. The van der Waals surface area contributed by atoms with E-state index in [1.54, 1.807) is 6.92 Å². The van der Waals surface area contributed by atoms with Gasteiger partial charge in [0.25, 0.3) is 5.95 Å².